The van der Waals surface area contributed by atoms with Crippen LogP contribution in [-0.2, 0) is 7.05 Å². The van der Waals surface area contributed by atoms with E-state index < -0.39 is 6.85 Å². The zero-order chi connectivity index (χ0) is 36.5. The Labute approximate surface area is 292 Å². The predicted octanol–water partition coefficient (Wildman–Crippen LogP) is 11.6. The summed E-state index contributed by atoms with van der Waals surface area (Å²) in [6.45, 7) is 8.87. The summed E-state index contributed by atoms with van der Waals surface area (Å²) in [5.41, 5.74) is 13.7. The quantitative estimate of drug-likeness (QED) is 0.169. The molecule has 5 aromatic carbocycles. The number of furan rings is 1. The number of nitrogens with zero attached hydrogens (tertiary/aromatic N) is 3. The second kappa shape index (κ2) is 11.9. The molecule has 0 N–H and O–H groups in total. The van der Waals surface area contributed by atoms with Gasteiger partial charge in [0.15, 0.2) is 16.6 Å². The number of hydrogen-bond acceptors (Lipinski definition) is 2. The maximum Gasteiger partial charge on any atom is 0.299 e. The van der Waals surface area contributed by atoms with Crippen LogP contribution in [0.2, 0.25) is 0 Å². The van der Waals surface area contributed by atoms with Crippen LogP contribution in [-0.4, -0.2) is 9.55 Å². The van der Waals surface area contributed by atoms with E-state index in [9.17, 15) is 0 Å². The van der Waals surface area contributed by atoms with Gasteiger partial charge in [-0.25, -0.2) is 9.55 Å². The molecule has 0 unspecified atom stereocenters. The van der Waals surface area contributed by atoms with Gasteiger partial charge in [-0.2, -0.15) is 4.57 Å². The molecule has 8 rings (SSSR count). The number of imidazole rings is 1. The topological polar surface area (TPSA) is 34.8 Å². The lowest BCUT2D eigenvalue weighted by Gasteiger charge is -2.21. The number of pyridine rings is 1. The Balaban J connectivity index is 1.41. The zero-order valence-electron chi connectivity index (χ0n) is 31.9. The first-order chi connectivity index (χ1) is 24.9. The molecule has 0 saturated heterocycles. The summed E-state index contributed by atoms with van der Waals surface area (Å²) in [5.74, 6) is 1.44. The standard InChI is InChI=1S/C45H42N3O/c1-27(2)37-25-34(33-21-19-32(20-22-33)31-13-9-8-10-14-31)26-38(28(3)4)42(37)48-40-16-12-11-15-39(40)47(7)45(48)41-29(5)17-23-35-36-24-18-30(6)46-44(36)49-43(35)41/h8-28H,1-7H3/q+1/i6D3. The van der Waals surface area contributed by atoms with Crippen LogP contribution in [0, 0.1) is 13.8 Å². The Bertz CT molecular complexity index is 2600. The van der Waals surface area contributed by atoms with Crippen LogP contribution in [0.3, 0.4) is 0 Å². The Kier molecular flexibility index (Phi) is 6.66. The Morgan fingerprint density at radius 1 is 0.694 bits per heavy atom. The largest absolute Gasteiger partial charge is 0.437 e. The zero-order valence-corrected chi connectivity index (χ0v) is 28.9. The fraction of sp³-hybridized carbons (Fsp3) is 0.200. The van der Waals surface area contributed by atoms with E-state index in [1.165, 1.54) is 39.1 Å². The van der Waals surface area contributed by atoms with Gasteiger partial charge in [0.05, 0.1) is 7.05 Å². The highest BCUT2D eigenvalue weighted by molar-refractivity contribution is 6.09. The lowest BCUT2D eigenvalue weighted by molar-refractivity contribution is -0.633. The van der Waals surface area contributed by atoms with Crippen LogP contribution in [0.15, 0.2) is 120 Å². The van der Waals surface area contributed by atoms with Crippen molar-refractivity contribution in [3.63, 3.8) is 0 Å². The minimum atomic E-state index is -2.33. The van der Waals surface area contributed by atoms with Gasteiger partial charge in [0.1, 0.15) is 11.3 Å². The van der Waals surface area contributed by atoms with Gasteiger partial charge in [-0.3, -0.25) is 0 Å². The van der Waals surface area contributed by atoms with E-state index in [2.05, 4.69) is 153 Å². The van der Waals surface area contributed by atoms with E-state index in [4.69, 9.17) is 8.53 Å². The minimum Gasteiger partial charge on any atom is -0.437 e. The van der Waals surface area contributed by atoms with Crippen molar-refractivity contribution in [2.24, 2.45) is 7.05 Å². The van der Waals surface area contributed by atoms with Crippen molar-refractivity contribution in [2.45, 2.75) is 53.3 Å². The fourth-order valence-corrected chi connectivity index (χ4v) is 7.39. The number of hydrogen-bond donors (Lipinski definition) is 0. The molecule has 0 aliphatic heterocycles. The molecule has 0 aliphatic carbocycles. The summed E-state index contributed by atoms with van der Waals surface area (Å²) in [6.07, 6.45) is 0. The van der Waals surface area contributed by atoms with Crippen LogP contribution in [0.25, 0.3) is 72.4 Å². The predicted molar refractivity (Wildman–Crippen MR) is 203 cm³/mol. The lowest BCUT2D eigenvalue weighted by Crippen LogP contribution is -2.30. The normalized spacial score (nSPS) is 13.1. The van der Waals surface area contributed by atoms with Crippen molar-refractivity contribution in [1.29, 1.82) is 0 Å². The summed E-state index contributed by atoms with van der Waals surface area (Å²) in [4.78, 5) is 4.49. The first kappa shape index (κ1) is 27.5. The Hall–Kier alpha value is -5.48. The highest BCUT2D eigenvalue weighted by Crippen LogP contribution is 2.43. The van der Waals surface area contributed by atoms with Crippen molar-refractivity contribution < 1.29 is 13.1 Å². The van der Waals surface area contributed by atoms with Gasteiger partial charge in [0, 0.05) is 31.7 Å². The molecule has 4 nitrogen and oxygen atoms in total. The number of rotatable bonds is 6. The van der Waals surface area contributed by atoms with Crippen LogP contribution >= 0.6 is 0 Å². The molecule has 3 aromatic heterocycles. The molecule has 0 fully saturated rings. The molecule has 49 heavy (non-hydrogen) atoms. The van der Waals surface area contributed by atoms with Crippen molar-refractivity contribution in [3.05, 3.63) is 138 Å². The summed E-state index contributed by atoms with van der Waals surface area (Å²) in [7, 11) is 2.12. The lowest BCUT2D eigenvalue weighted by atomic mass is 9.87. The first-order valence-electron chi connectivity index (χ1n) is 18.6. The van der Waals surface area contributed by atoms with Gasteiger partial charge < -0.3 is 4.42 Å². The van der Waals surface area contributed by atoms with E-state index >= 15 is 0 Å². The maximum atomic E-state index is 7.95. The monoisotopic (exact) mass is 643 g/mol. The van der Waals surface area contributed by atoms with Gasteiger partial charge in [-0.15, -0.1) is 0 Å². The summed E-state index contributed by atoms with van der Waals surface area (Å²) >= 11 is 0. The van der Waals surface area contributed by atoms with Gasteiger partial charge in [0.2, 0.25) is 5.71 Å². The van der Waals surface area contributed by atoms with Crippen LogP contribution in [0.4, 0.5) is 0 Å². The molecule has 0 spiro atoms. The average Bonchev–Trinajstić information content (AvgIpc) is 3.65. The molecule has 0 amide bonds. The minimum absolute atomic E-state index is 0.0231. The number of benzene rings is 5. The van der Waals surface area contributed by atoms with Crippen molar-refractivity contribution in [1.82, 2.24) is 9.55 Å². The highest BCUT2D eigenvalue weighted by atomic mass is 16.3. The summed E-state index contributed by atoms with van der Waals surface area (Å²) in [6, 6.07) is 40.3. The molecule has 0 aliphatic rings. The molecule has 8 aromatic rings. The van der Waals surface area contributed by atoms with Gasteiger partial charge in [-0.1, -0.05) is 107 Å². The third-order valence-electron chi connectivity index (χ3n) is 9.91. The van der Waals surface area contributed by atoms with Gasteiger partial charge in [0.25, 0.3) is 5.82 Å². The van der Waals surface area contributed by atoms with E-state index in [0.29, 0.717) is 11.3 Å². The fourth-order valence-electron chi connectivity index (χ4n) is 7.39. The molecule has 3 heterocycles. The van der Waals surface area contributed by atoms with E-state index in [0.717, 1.165) is 38.8 Å². The average molecular weight is 644 g/mol. The van der Waals surface area contributed by atoms with Crippen LogP contribution in [0.1, 0.15) is 66.0 Å². The van der Waals surface area contributed by atoms with Crippen LogP contribution in [0.5, 0.6) is 0 Å². The Morgan fingerprint density at radius 3 is 1.98 bits per heavy atom. The summed E-state index contributed by atoms with van der Waals surface area (Å²) in [5, 5.41) is 1.70. The number of aromatic nitrogens is 3. The molecule has 242 valence electrons. The van der Waals surface area contributed by atoms with Crippen molar-refractivity contribution >= 4 is 33.1 Å². The second-order valence-electron chi connectivity index (χ2n) is 13.7. The third-order valence-corrected chi connectivity index (χ3v) is 9.91. The van der Waals surface area contributed by atoms with Gasteiger partial charge in [-0.05, 0) is 89.8 Å². The van der Waals surface area contributed by atoms with Crippen LogP contribution < -0.4 is 4.57 Å². The molecule has 0 atom stereocenters. The number of para-hydroxylation sites is 2. The van der Waals surface area contributed by atoms with E-state index in [1.807, 2.05) is 12.1 Å². The van der Waals surface area contributed by atoms with Gasteiger partial charge >= 0.3 is 0 Å². The molecule has 0 saturated carbocycles. The number of fused-ring (bicyclic) bond motifs is 4. The smallest absolute Gasteiger partial charge is 0.299 e. The van der Waals surface area contributed by atoms with E-state index in [-0.39, 0.29) is 17.5 Å². The van der Waals surface area contributed by atoms with Crippen molar-refractivity contribution in [2.75, 3.05) is 0 Å². The SMILES string of the molecule is [2H]C([2H])([2H])c1ccc2c(n1)oc1c(-c3n(-c4c(C(C)C)cc(-c5ccc(-c6ccccc6)cc5)cc4C(C)C)c4ccccc4[n+]3C)c(C)ccc12. The van der Waals surface area contributed by atoms with E-state index in [1.54, 1.807) is 6.07 Å². The second-order valence-corrected chi connectivity index (χ2v) is 13.7. The Morgan fingerprint density at radius 2 is 1.31 bits per heavy atom. The third kappa shape index (κ3) is 5.05. The highest BCUT2D eigenvalue weighted by Gasteiger charge is 2.34. The first-order valence-corrected chi connectivity index (χ1v) is 17.1. The number of aryl methyl sites for hydroxylation is 3. The molecule has 4 heteroatoms. The summed E-state index contributed by atoms with van der Waals surface area (Å²) < 4.78 is 35.1. The van der Waals surface area contributed by atoms with Crippen molar-refractivity contribution in [3.8, 4) is 39.3 Å². The molecule has 0 radical (unpaired) electrons. The maximum absolute atomic E-state index is 7.95. The molecule has 0 bridgehead atoms. The molecular formula is C45H42N3O+. The molecular weight excluding hydrogens is 599 g/mol.